The molecule has 3 rings (SSSR count). The second kappa shape index (κ2) is 4.44. The van der Waals surface area contributed by atoms with Crippen LogP contribution in [0.4, 0.5) is 5.95 Å². The van der Waals surface area contributed by atoms with Crippen LogP contribution in [0.15, 0.2) is 6.33 Å². The maximum absolute atomic E-state index is 6.02. The molecule has 6 nitrogen and oxygen atoms in total. The number of hydrogen-bond acceptors (Lipinski definition) is 5. The van der Waals surface area contributed by atoms with Crippen LogP contribution in [0.1, 0.15) is 32.6 Å². The third-order valence-corrected chi connectivity index (χ3v) is 3.57. The van der Waals surface area contributed by atoms with Crippen molar-refractivity contribution in [3.8, 4) is 5.88 Å². The van der Waals surface area contributed by atoms with Gasteiger partial charge in [0.2, 0.25) is 11.8 Å². The van der Waals surface area contributed by atoms with E-state index in [9.17, 15) is 0 Å². The van der Waals surface area contributed by atoms with Gasteiger partial charge in [-0.25, -0.2) is 4.98 Å². The van der Waals surface area contributed by atoms with Gasteiger partial charge in [0.15, 0.2) is 5.65 Å². The van der Waals surface area contributed by atoms with Gasteiger partial charge in [0.1, 0.15) is 11.6 Å². The van der Waals surface area contributed by atoms with Crippen molar-refractivity contribution in [1.82, 2.24) is 19.9 Å². The van der Waals surface area contributed by atoms with Crippen molar-refractivity contribution in [2.75, 3.05) is 5.73 Å². The minimum absolute atomic E-state index is 0.202. The van der Waals surface area contributed by atoms with Crippen molar-refractivity contribution < 1.29 is 4.74 Å². The van der Waals surface area contributed by atoms with Crippen LogP contribution < -0.4 is 10.5 Å². The number of nitrogens with zero attached hydrogens (tertiary/aromatic N) is 3. The van der Waals surface area contributed by atoms with Gasteiger partial charge in [-0.1, -0.05) is 13.3 Å². The Labute approximate surface area is 105 Å². The number of nitrogen functional groups attached to an aromatic ring is 1. The Bertz CT molecular complexity index is 552. The average molecular weight is 247 g/mol. The van der Waals surface area contributed by atoms with Gasteiger partial charge in [-0.2, -0.15) is 9.97 Å². The molecule has 0 aliphatic heterocycles. The molecule has 0 aromatic carbocycles. The smallest absolute Gasteiger partial charge is 0.245 e. The van der Waals surface area contributed by atoms with Crippen LogP contribution in [0.3, 0.4) is 0 Å². The molecule has 1 fully saturated rings. The third kappa shape index (κ3) is 1.98. The van der Waals surface area contributed by atoms with Crippen molar-refractivity contribution in [3.63, 3.8) is 0 Å². The van der Waals surface area contributed by atoms with Gasteiger partial charge in [-0.3, -0.25) is 0 Å². The van der Waals surface area contributed by atoms with Gasteiger partial charge in [-0.05, 0) is 25.2 Å². The van der Waals surface area contributed by atoms with E-state index in [1.54, 1.807) is 6.33 Å². The molecule has 0 radical (unpaired) electrons. The molecule has 6 heteroatoms. The van der Waals surface area contributed by atoms with E-state index >= 15 is 0 Å². The quantitative estimate of drug-likeness (QED) is 0.845. The molecular formula is C12H17N5O. The molecule has 1 aliphatic rings. The number of nitrogens with one attached hydrogen (secondary N) is 1. The minimum Gasteiger partial charge on any atom is -0.472 e. The van der Waals surface area contributed by atoms with Crippen molar-refractivity contribution in [2.24, 2.45) is 5.92 Å². The lowest BCUT2D eigenvalue weighted by molar-refractivity contribution is 0.0992. The number of nitrogens with two attached hydrogens (primary N) is 1. The largest absolute Gasteiger partial charge is 0.472 e. The predicted octanol–water partition coefficient (Wildman–Crippen LogP) is 1.89. The monoisotopic (exact) mass is 247 g/mol. The first-order valence-electron chi connectivity index (χ1n) is 6.37. The zero-order valence-corrected chi connectivity index (χ0v) is 10.4. The van der Waals surface area contributed by atoms with E-state index in [2.05, 4.69) is 26.9 Å². The molecule has 2 aromatic rings. The number of aromatic nitrogens is 4. The highest BCUT2D eigenvalue weighted by molar-refractivity contribution is 5.76. The summed E-state index contributed by atoms with van der Waals surface area (Å²) in [7, 11) is 0. The fourth-order valence-electron chi connectivity index (χ4n) is 2.51. The van der Waals surface area contributed by atoms with Crippen LogP contribution in [-0.2, 0) is 0 Å². The molecule has 0 spiro atoms. The zero-order valence-electron chi connectivity index (χ0n) is 10.4. The molecule has 2 aromatic heterocycles. The number of ether oxygens (including phenoxy) is 1. The fraction of sp³-hybridized carbons (Fsp3) is 0.583. The highest BCUT2D eigenvalue weighted by Gasteiger charge is 2.24. The molecule has 0 bridgehead atoms. The molecule has 0 amide bonds. The van der Waals surface area contributed by atoms with E-state index in [1.807, 2.05) is 0 Å². The Balaban J connectivity index is 1.91. The Morgan fingerprint density at radius 3 is 3.00 bits per heavy atom. The zero-order chi connectivity index (χ0) is 12.5. The van der Waals surface area contributed by atoms with E-state index in [0.717, 1.165) is 11.9 Å². The highest BCUT2D eigenvalue weighted by atomic mass is 16.5. The van der Waals surface area contributed by atoms with Gasteiger partial charge in [0.05, 0.1) is 6.33 Å². The third-order valence-electron chi connectivity index (χ3n) is 3.57. The summed E-state index contributed by atoms with van der Waals surface area (Å²) in [6.45, 7) is 2.22. The summed E-state index contributed by atoms with van der Waals surface area (Å²) in [6.07, 6.45) is 6.56. The summed E-state index contributed by atoms with van der Waals surface area (Å²) in [5, 5.41) is 0. The second-order valence-corrected chi connectivity index (χ2v) is 4.91. The van der Waals surface area contributed by atoms with E-state index < -0.39 is 0 Å². The van der Waals surface area contributed by atoms with Crippen LogP contribution in [0.2, 0.25) is 0 Å². The first-order chi connectivity index (χ1) is 8.74. The highest BCUT2D eigenvalue weighted by Crippen LogP contribution is 2.29. The van der Waals surface area contributed by atoms with E-state index in [0.29, 0.717) is 17.4 Å². The summed E-state index contributed by atoms with van der Waals surface area (Å²) in [4.78, 5) is 15.3. The van der Waals surface area contributed by atoms with E-state index in [-0.39, 0.29) is 12.1 Å². The first-order valence-corrected chi connectivity index (χ1v) is 6.37. The van der Waals surface area contributed by atoms with Crippen molar-refractivity contribution >= 4 is 17.1 Å². The first kappa shape index (κ1) is 11.3. The fourth-order valence-corrected chi connectivity index (χ4v) is 2.51. The van der Waals surface area contributed by atoms with Gasteiger partial charge in [0.25, 0.3) is 0 Å². The van der Waals surface area contributed by atoms with Gasteiger partial charge < -0.3 is 15.5 Å². The molecule has 96 valence electrons. The average Bonchev–Trinajstić information content (AvgIpc) is 2.80. The number of H-pyrrole nitrogens is 1. The van der Waals surface area contributed by atoms with Crippen LogP contribution in [0.5, 0.6) is 5.88 Å². The van der Waals surface area contributed by atoms with Gasteiger partial charge in [-0.15, -0.1) is 0 Å². The summed E-state index contributed by atoms with van der Waals surface area (Å²) in [5.41, 5.74) is 6.95. The van der Waals surface area contributed by atoms with Crippen molar-refractivity contribution in [2.45, 2.75) is 38.7 Å². The minimum atomic E-state index is 0.202. The topological polar surface area (TPSA) is 89.7 Å². The second-order valence-electron chi connectivity index (χ2n) is 4.91. The molecule has 1 saturated carbocycles. The van der Waals surface area contributed by atoms with Crippen LogP contribution in [-0.4, -0.2) is 26.0 Å². The van der Waals surface area contributed by atoms with Gasteiger partial charge in [0, 0.05) is 0 Å². The Kier molecular flexibility index (Phi) is 2.77. The molecular weight excluding hydrogens is 230 g/mol. The number of aromatic amines is 1. The summed E-state index contributed by atoms with van der Waals surface area (Å²) >= 11 is 0. The number of imidazole rings is 1. The normalized spacial score (nSPS) is 24.3. The Hall–Kier alpha value is -1.85. The lowest BCUT2D eigenvalue weighted by Gasteiger charge is -2.28. The summed E-state index contributed by atoms with van der Waals surface area (Å²) in [6, 6.07) is 0. The summed E-state index contributed by atoms with van der Waals surface area (Å²) in [5.74, 6) is 1.27. The Morgan fingerprint density at radius 2 is 2.17 bits per heavy atom. The summed E-state index contributed by atoms with van der Waals surface area (Å²) < 4.78 is 6.02. The van der Waals surface area contributed by atoms with Crippen LogP contribution in [0, 0.1) is 5.92 Å². The maximum atomic E-state index is 6.02. The lowest BCUT2D eigenvalue weighted by Crippen LogP contribution is -2.28. The molecule has 2 unspecified atom stereocenters. The molecule has 0 saturated heterocycles. The van der Waals surface area contributed by atoms with E-state index in [1.165, 1.54) is 19.3 Å². The SMILES string of the molecule is CC1CCCCC1Oc1nc(N)nc2nc[nH]c12. The van der Waals surface area contributed by atoms with Crippen molar-refractivity contribution in [3.05, 3.63) is 6.33 Å². The molecule has 2 atom stereocenters. The van der Waals surface area contributed by atoms with Crippen LogP contribution in [0.25, 0.3) is 11.2 Å². The molecule has 2 heterocycles. The standard InChI is InChI=1S/C12H17N5O/c1-7-4-2-3-5-8(7)18-11-9-10(15-6-14-9)16-12(13)17-11/h6-8H,2-5H2,1H3,(H3,13,14,15,16,17). The molecule has 1 aliphatic carbocycles. The van der Waals surface area contributed by atoms with Crippen LogP contribution >= 0.6 is 0 Å². The molecule has 18 heavy (non-hydrogen) atoms. The number of rotatable bonds is 2. The van der Waals surface area contributed by atoms with Crippen molar-refractivity contribution in [1.29, 1.82) is 0 Å². The maximum Gasteiger partial charge on any atom is 0.245 e. The predicted molar refractivity (Wildman–Crippen MR) is 68.1 cm³/mol. The van der Waals surface area contributed by atoms with E-state index in [4.69, 9.17) is 10.5 Å². The number of fused-ring (bicyclic) bond motifs is 1. The molecule has 3 N–H and O–H groups in total. The number of hydrogen-bond donors (Lipinski definition) is 2. The lowest BCUT2D eigenvalue weighted by atomic mass is 9.88. The number of anilines is 1. The van der Waals surface area contributed by atoms with Gasteiger partial charge >= 0.3 is 0 Å². The Morgan fingerprint density at radius 1 is 1.33 bits per heavy atom.